The molecular formula is C26H21F3N4O2. The van der Waals surface area contributed by atoms with Crippen molar-refractivity contribution in [2.45, 2.75) is 19.6 Å². The fourth-order valence-electron chi connectivity index (χ4n) is 3.65. The third-order valence-electron chi connectivity index (χ3n) is 5.26. The predicted molar refractivity (Wildman–Crippen MR) is 128 cm³/mol. The highest BCUT2D eigenvalue weighted by Gasteiger charge is 2.30. The number of amides is 2. The molecule has 0 saturated heterocycles. The molecule has 0 aliphatic rings. The molecule has 3 aromatic carbocycles. The first kappa shape index (κ1) is 23.7. The van der Waals surface area contributed by atoms with Gasteiger partial charge in [-0.05, 0) is 48.9 Å². The summed E-state index contributed by atoms with van der Waals surface area (Å²) < 4.78 is 40.4. The summed E-state index contributed by atoms with van der Waals surface area (Å²) in [5, 5.41) is 7.58. The Labute approximate surface area is 199 Å². The maximum absolute atomic E-state index is 12.9. The molecule has 0 aliphatic heterocycles. The number of alkyl halides is 3. The van der Waals surface area contributed by atoms with Gasteiger partial charge in [0, 0.05) is 33.9 Å². The Balaban J connectivity index is 1.49. The average Bonchev–Trinajstić information content (AvgIpc) is 3.16. The lowest BCUT2D eigenvalue weighted by Gasteiger charge is -2.08. The summed E-state index contributed by atoms with van der Waals surface area (Å²) in [4.78, 5) is 24.9. The van der Waals surface area contributed by atoms with Crippen LogP contribution in [0.1, 0.15) is 27.0 Å². The number of carbonyl (C=O) groups excluding carboxylic acids is 2. The minimum Gasteiger partial charge on any atom is -0.337 e. The van der Waals surface area contributed by atoms with E-state index in [1.165, 1.54) is 12.3 Å². The monoisotopic (exact) mass is 478 g/mol. The number of para-hydroxylation sites is 1. The minimum atomic E-state index is -4.55. The minimum absolute atomic E-state index is 0.0545. The van der Waals surface area contributed by atoms with Crippen molar-refractivity contribution < 1.29 is 22.8 Å². The van der Waals surface area contributed by atoms with Crippen LogP contribution in [0.15, 0.2) is 84.1 Å². The number of aryl methyl sites for hydroxylation is 1. The van der Waals surface area contributed by atoms with Crippen LogP contribution in [-0.2, 0) is 17.5 Å². The Morgan fingerprint density at radius 3 is 2.54 bits per heavy atom. The molecule has 9 heteroatoms. The van der Waals surface area contributed by atoms with E-state index < -0.39 is 17.6 Å². The van der Waals surface area contributed by atoms with Gasteiger partial charge in [-0.15, -0.1) is 0 Å². The number of hydrogen-bond donors (Lipinski definition) is 2. The van der Waals surface area contributed by atoms with Crippen molar-refractivity contribution in [1.82, 2.24) is 9.99 Å². The molecular weight excluding hydrogens is 457 g/mol. The van der Waals surface area contributed by atoms with Gasteiger partial charge in [-0.2, -0.15) is 18.3 Å². The molecule has 1 heterocycles. The highest BCUT2D eigenvalue weighted by Crippen LogP contribution is 2.29. The molecule has 0 bridgehead atoms. The Morgan fingerprint density at radius 2 is 1.77 bits per heavy atom. The molecule has 0 saturated carbocycles. The van der Waals surface area contributed by atoms with Gasteiger partial charge in [0.1, 0.15) is 6.54 Å². The molecule has 4 rings (SSSR count). The zero-order chi connectivity index (χ0) is 25.0. The number of halogens is 3. The molecule has 178 valence electrons. The van der Waals surface area contributed by atoms with Crippen LogP contribution < -0.4 is 10.7 Å². The lowest BCUT2D eigenvalue weighted by molar-refractivity contribution is -0.137. The fraction of sp³-hybridized carbons (Fsp3) is 0.115. The number of rotatable bonds is 6. The highest BCUT2D eigenvalue weighted by atomic mass is 19.4. The Bertz CT molecular complexity index is 1420. The van der Waals surface area contributed by atoms with E-state index in [-0.39, 0.29) is 18.0 Å². The topological polar surface area (TPSA) is 75.5 Å². The van der Waals surface area contributed by atoms with Gasteiger partial charge >= 0.3 is 6.18 Å². The fourth-order valence-corrected chi connectivity index (χ4v) is 3.65. The van der Waals surface area contributed by atoms with Crippen LogP contribution in [0.2, 0.25) is 0 Å². The third kappa shape index (κ3) is 5.75. The number of aromatic nitrogens is 1. The second-order valence-electron chi connectivity index (χ2n) is 7.92. The molecule has 1 aromatic heterocycles. The van der Waals surface area contributed by atoms with Crippen LogP contribution in [0.3, 0.4) is 0 Å². The third-order valence-corrected chi connectivity index (χ3v) is 5.26. The molecule has 0 fully saturated rings. The first-order valence-electron chi connectivity index (χ1n) is 10.7. The number of fused-ring (bicyclic) bond motifs is 1. The van der Waals surface area contributed by atoms with Crippen molar-refractivity contribution in [3.63, 3.8) is 0 Å². The number of hydrogen-bond acceptors (Lipinski definition) is 3. The number of hydrazone groups is 1. The zero-order valence-electron chi connectivity index (χ0n) is 18.6. The van der Waals surface area contributed by atoms with Gasteiger partial charge in [0.2, 0.25) is 5.91 Å². The van der Waals surface area contributed by atoms with Crippen LogP contribution in [0, 0.1) is 6.92 Å². The summed E-state index contributed by atoms with van der Waals surface area (Å²) in [6.45, 7) is 1.99. The molecule has 6 nitrogen and oxygen atoms in total. The molecule has 0 atom stereocenters. The van der Waals surface area contributed by atoms with Crippen molar-refractivity contribution in [3.8, 4) is 0 Å². The molecule has 35 heavy (non-hydrogen) atoms. The van der Waals surface area contributed by atoms with Crippen LogP contribution in [0.4, 0.5) is 18.9 Å². The van der Waals surface area contributed by atoms with Crippen LogP contribution in [0.25, 0.3) is 10.9 Å². The SMILES string of the molecule is Cc1cccc(NC(=O)Cn2cc(/C=N\NC(=O)c3cccc(C(F)(F)F)c3)c3ccccc32)c1. The lowest BCUT2D eigenvalue weighted by atomic mass is 10.1. The summed E-state index contributed by atoms with van der Waals surface area (Å²) in [6.07, 6.45) is -1.43. The van der Waals surface area contributed by atoms with Gasteiger partial charge in [0.05, 0.1) is 11.8 Å². The average molecular weight is 478 g/mol. The van der Waals surface area contributed by atoms with E-state index in [9.17, 15) is 22.8 Å². The lowest BCUT2D eigenvalue weighted by Crippen LogP contribution is -2.18. The second-order valence-corrected chi connectivity index (χ2v) is 7.92. The van der Waals surface area contributed by atoms with Crippen LogP contribution in [-0.4, -0.2) is 22.6 Å². The van der Waals surface area contributed by atoms with Crippen molar-refractivity contribution in [2.24, 2.45) is 5.10 Å². The van der Waals surface area contributed by atoms with Gasteiger partial charge in [-0.25, -0.2) is 5.43 Å². The maximum atomic E-state index is 12.9. The second kappa shape index (κ2) is 9.84. The first-order valence-corrected chi connectivity index (χ1v) is 10.7. The molecule has 2 amide bonds. The van der Waals surface area contributed by atoms with Crippen molar-refractivity contribution in [2.75, 3.05) is 5.32 Å². The van der Waals surface area contributed by atoms with Crippen LogP contribution in [0.5, 0.6) is 0 Å². The van der Waals surface area contributed by atoms with Crippen molar-refractivity contribution in [3.05, 3.63) is 101 Å². The molecule has 0 radical (unpaired) electrons. The van der Waals surface area contributed by atoms with Gasteiger partial charge in [0.25, 0.3) is 5.91 Å². The van der Waals surface area contributed by atoms with Gasteiger partial charge < -0.3 is 9.88 Å². The molecule has 4 aromatic rings. The molecule has 0 unspecified atom stereocenters. The van der Waals surface area contributed by atoms with Crippen molar-refractivity contribution in [1.29, 1.82) is 0 Å². The number of nitrogens with one attached hydrogen (secondary N) is 2. The van der Waals surface area contributed by atoms with E-state index in [0.29, 0.717) is 11.3 Å². The molecule has 0 spiro atoms. The quantitative estimate of drug-likeness (QED) is 0.289. The summed E-state index contributed by atoms with van der Waals surface area (Å²) in [5.74, 6) is -0.980. The van der Waals surface area contributed by atoms with Gasteiger partial charge in [-0.3, -0.25) is 9.59 Å². The summed E-state index contributed by atoms with van der Waals surface area (Å²) in [6, 6.07) is 19.0. The highest BCUT2D eigenvalue weighted by molar-refractivity contribution is 6.01. The standard InChI is InChI=1S/C26H21F3N4O2/c1-17-6-4-9-21(12-17)31-24(34)16-33-15-19(22-10-2-3-11-23(22)33)14-30-32-25(35)18-7-5-8-20(13-18)26(27,28)29/h2-15H,16H2,1H3,(H,31,34)(H,32,35)/b30-14-. The maximum Gasteiger partial charge on any atom is 0.416 e. The van der Waals surface area contributed by atoms with Crippen LogP contribution >= 0.6 is 0 Å². The summed E-state index contributed by atoms with van der Waals surface area (Å²) >= 11 is 0. The van der Waals surface area contributed by atoms with E-state index in [0.717, 1.165) is 34.7 Å². The smallest absolute Gasteiger partial charge is 0.337 e. The number of anilines is 1. The zero-order valence-corrected chi connectivity index (χ0v) is 18.6. The Morgan fingerprint density at radius 1 is 1.00 bits per heavy atom. The number of carbonyl (C=O) groups is 2. The summed E-state index contributed by atoms with van der Waals surface area (Å²) in [5.41, 5.74) is 4.33. The van der Waals surface area contributed by atoms with E-state index in [1.54, 1.807) is 10.8 Å². The first-order chi connectivity index (χ1) is 16.7. The van der Waals surface area contributed by atoms with E-state index in [2.05, 4.69) is 15.8 Å². The largest absolute Gasteiger partial charge is 0.416 e. The molecule has 0 aliphatic carbocycles. The summed E-state index contributed by atoms with van der Waals surface area (Å²) in [7, 11) is 0. The Hall–Kier alpha value is -4.40. The van der Waals surface area contributed by atoms with Gasteiger partial charge in [-0.1, -0.05) is 36.4 Å². The van der Waals surface area contributed by atoms with Gasteiger partial charge in [0.15, 0.2) is 0 Å². The number of nitrogens with zero attached hydrogens (tertiary/aromatic N) is 2. The predicted octanol–water partition coefficient (Wildman–Crippen LogP) is 5.37. The Kier molecular flexibility index (Phi) is 6.68. The number of benzene rings is 3. The van der Waals surface area contributed by atoms with E-state index in [1.807, 2.05) is 55.5 Å². The normalized spacial score (nSPS) is 11.7. The van der Waals surface area contributed by atoms with E-state index in [4.69, 9.17) is 0 Å². The molecule has 2 N–H and O–H groups in total. The van der Waals surface area contributed by atoms with Crippen molar-refractivity contribution >= 4 is 34.6 Å². The van der Waals surface area contributed by atoms with E-state index >= 15 is 0 Å².